The predicted molar refractivity (Wildman–Crippen MR) is 135 cm³/mol. The van der Waals surface area contributed by atoms with Crippen molar-refractivity contribution in [1.82, 2.24) is 4.98 Å². The van der Waals surface area contributed by atoms with Crippen LogP contribution < -0.4 is 9.64 Å². The van der Waals surface area contributed by atoms with E-state index in [9.17, 15) is 5.11 Å². The van der Waals surface area contributed by atoms with Gasteiger partial charge in [-0.05, 0) is 50.2 Å². The molecule has 3 aromatic carbocycles. The molecule has 0 bridgehead atoms. The summed E-state index contributed by atoms with van der Waals surface area (Å²) in [5.74, 6) is 1.89. The van der Waals surface area contributed by atoms with Crippen LogP contribution in [0.1, 0.15) is 15.4 Å². The summed E-state index contributed by atoms with van der Waals surface area (Å²) in [6.07, 6.45) is 0. The summed E-state index contributed by atoms with van der Waals surface area (Å²) in [4.78, 5) is 7.63. The molecule has 2 N–H and O–H groups in total. The van der Waals surface area contributed by atoms with Gasteiger partial charge < -0.3 is 14.7 Å². The van der Waals surface area contributed by atoms with Gasteiger partial charge in [-0.15, -0.1) is 11.3 Å². The maximum Gasteiger partial charge on any atom is 0.139 e. The lowest BCUT2D eigenvalue weighted by atomic mass is 10.1. The van der Waals surface area contributed by atoms with Crippen LogP contribution in [0.2, 0.25) is 0 Å². The number of amidine groups is 1. The fraction of sp³-hybridized carbons (Fsp3) is 0.111. The molecule has 0 aliphatic carbocycles. The van der Waals surface area contributed by atoms with Crippen molar-refractivity contribution in [3.8, 4) is 22.8 Å². The first-order chi connectivity index (χ1) is 16.0. The van der Waals surface area contributed by atoms with E-state index in [4.69, 9.17) is 15.1 Å². The normalized spacial score (nSPS) is 13.6. The summed E-state index contributed by atoms with van der Waals surface area (Å²) >= 11 is 1.50. The number of benzene rings is 3. The number of rotatable bonds is 5. The van der Waals surface area contributed by atoms with Gasteiger partial charge >= 0.3 is 0 Å². The fourth-order valence-corrected chi connectivity index (χ4v) is 4.83. The SMILES string of the molecule is Cc1ccc(-c2nc(C3=C(O)CN(c4ccc(Oc5ccccc5)cc4)C3=N)sc2C)cc1. The van der Waals surface area contributed by atoms with Crippen molar-refractivity contribution in [2.45, 2.75) is 13.8 Å². The number of nitrogens with one attached hydrogen (secondary N) is 1. The molecule has 2 heterocycles. The predicted octanol–water partition coefficient (Wildman–Crippen LogP) is 6.99. The highest BCUT2D eigenvalue weighted by Gasteiger charge is 2.31. The number of hydrogen-bond donors (Lipinski definition) is 2. The molecule has 5 nitrogen and oxygen atoms in total. The minimum Gasteiger partial charge on any atom is -0.510 e. The summed E-state index contributed by atoms with van der Waals surface area (Å²) in [7, 11) is 0. The van der Waals surface area contributed by atoms with Gasteiger partial charge in [0.1, 0.15) is 28.1 Å². The molecule has 0 radical (unpaired) electrons. The molecule has 0 atom stereocenters. The van der Waals surface area contributed by atoms with E-state index in [0.29, 0.717) is 16.3 Å². The first kappa shape index (κ1) is 21.0. The zero-order valence-corrected chi connectivity index (χ0v) is 19.2. The molecule has 0 fully saturated rings. The number of aliphatic hydroxyl groups excluding tert-OH is 1. The molecule has 5 rings (SSSR count). The van der Waals surface area contributed by atoms with E-state index in [1.165, 1.54) is 16.9 Å². The summed E-state index contributed by atoms with van der Waals surface area (Å²) in [5, 5.41) is 20.2. The van der Waals surface area contributed by atoms with E-state index in [1.54, 1.807) is 4.90 Å². The largest absolute Gasteiger partial charge is 0.510 e. The molecule has 0 amide bonds. The van der Waals surface area contributed by atoms with Gasteiger partial charge in [0.2, 0.25) is 0 Å². The molecule has 1 aliphatic heterocycles. The highest BCUT2D eigenvalue weighted by atomic mass is 32.1. The van der Waals surface area contributed by atoms with Crippen molar-refractivity contribution in [1.29, 1.82) is 5.41 Å². The Morgan fingerprint density at radius 2 is 1.58 bits per heavy atom. The highest BCUT2D eigenvalue weighted by Crippen LogP contribution is 2.37. The number of nitrogens with zero attached hydrogens (tertiary/aromatic N) is 2. The average molecular weight is 454 g/mol. The molecule has 164 valence electrons. The van der Waals surface area contributed by atoms with Crippen molar-refractivity contribution in [3.63, 3.8) is 0 Å². The second-order valence-corrected chi connectivity index (χ2v) is 9.16. The summed E-state index contributed by atoms with van der Waals surface area (Å²) < 4.78 is 5.86. The van der Waals surface area contributed by atoms with E-state index in [1.807, 2.05) is 61.5 Å². The van der Waals surface area contributed by atoms with Crippen LogP contribution in [-0.4, -0.2) is 22.5 Å². The topological polar surface area (TPSA) is 69.4 Å². The summed E-state index contributed by atoms with van der Waals surface area (Å²) in [5.41, 5.74) is 4.43. The maximum atomic E-state index is 10.7. The van der Waals surface area contributed by atoms with Gasteiger partial charge in [-0.2, -0.15) is 0 Å². The number of aliphatic hydroxyl groups is 1. The zero-order valence-electron chi connectivity index (χ0n) is 18.4. The molecule has 1 aromatic heterocycles. The Morgan fingerprint density at radius 1 is 0.909 bits per heavy atom. The number of hydrogen-bond acceptors (Lipinski definition) is 5. The Kier molecular flexibility index (Phi) is 5.44. The highest BCUT2D eigenvalue weighted by molar-refractivity contribution is 7.13. The van der Waals surface area contributed by atoms with Crippen LogP contribution in [0.5, 0.6) is 11.5 Å². The third kappa shape index (κ3) is 4.13. The van der Waals surface area contributed by atoms with Crippen LogP contribution in [0.4, 0.5) is 5.69 Å². The van der Waals surface area contributed by atoms with E-state index in [-0.39, 0.29) is 18.1 Å². The molecule has 0 saturated heterocycles. The van der Waals surface area contributed by atoms with Gasteiger partial charge in [0.25, 0.3) is 0 Å². The lowest BCUT2D eigenvalue weighted by molar-refractivity contribution is 0.411. The monoisotopic (exact) mass is 453 g/mol. The van der Waals surface area contributed by atoms with Crippen LogP contribution in [0.3, 0.4) is 0 Å². The Balaban J connectivity index is 1.37. The van der Waals surface area contributed by atoms with E-state index in [2.05, 4.69) is 31.2 Å². The minimum atomic E-state index is 0.161. The van der Waals surface area contributed by atoms with Crippen molar-refractivity contribution in [3.05, 3.63) is 100 Å². The number of aromatic nitrogens is 1. The molecule has 0 spiro atoms. The molecule has 0 saturated carbocycles. The maximum absolute atomic E-state index is 10.7. The second-order valence-electron chi connectivity index (χ2n) is 7.96. The standard InChI is InChI=1S/C27H23N3O2S/c1-17-8-10-19(11-9-17)25-18(2)33-27(29-25)24-23(31)16-30(26(24)28)20-12-14-22(15-13-20)32-21-6-4-3-5-7-21/h3-15,28,31H,16H2,1-2H3. The average Bonchev–Trinajstić information content (AvgIpc) is 3.34. The van der Waals surface area contributed by atoms with E-state index in [0.717, 1.165) is 27.6 Å². The van der Waals surface area contributed by atoms with Gasteiger partial charge in [-0.3, -0.25) is 5.41 Å². The molecular weight excluding hydrogens is 430 g/mol. The van der Waals surface area contributed by atoms with Gasteiger partial charge in [0.05, 0.1) is 17.8 Å². The quantitative estimate of drug-likeness (QED) is 0.342. The van der Waals surface area contributed by atoms with Gasteiger partial charge in [0, 0.05) is 16.1 Å². The smallest absolute Gasteiger partial charge is 0.139 e. The van der Waals surface area contributed by atoms with Gasteiger partial charge in [0.15, 0.2) is 0 Å². The molecular formula is C27H23N3O2S. The first-order valence-corrected chi connectivity index (χ1v) is 11.5. The molecule has 1 aliphatic rings. The second kappa shape index (κ2) is 8.56. The van der Waals surface area contributed by atoms with Crippen molar-refractivity contribution < 1.29 is 9.84 Å². The first-order valence-electron chi connectivity index (χ1n) is 10.7. The van der Waals surface area contributed by atoms with Crippen LogP contribution in [0.15, 0.2) is 84.6 Å². The molecule has 33 heavy (non-hydrogen) atoms. The third-order valence-electron chi connectivity index (χ3n) is 5.57. The third-order valence-corrected chi connectivity index (χ3v) is 6.55. The number of thiazole rings is 1. The molecule has 0 unspecified atom stereocenters. The van der Waals surface area contributed by atoms with Crippen LogP contribution >= 0.6 is 11.3 Å². The zero-order chi connectivity index (χ0) is 22.9. The Bertz CT molecular complexity index is 1340. The van der Waals surface area contributed by atoms with Crippen molar-refractivity contribution >= 4 is 28.4 Å². The summed E-state index contributed by atoms with van der Waals surface area (Å²) in [6, 6.07) is 25.4. The summed E-state index contributed by atoms with van der Waals surface area (Å²) in [6.45, 7) is 4.32. The lowest BCUT2D eigenvalue weighted by Gasteiger charge is -2.19. The number of ether oxygens (including phenoxy) is 1. The van der Waals surface area contributed by atoms with Crippen LogP contribution in [0.25, 0.3) is 16.8 Å². The van der Waals surface area contributed by atoms with Crippen molar-refractivity contribution in [2.75, 3.05) is 11.4 Å². The lowest BCUT2D eigenvalue weighted by Crippen LogP contribution is -2.25. The van der Waals surface area contributed by atoms with Crippen molar-refractivity contribution in [2.24, 2.45) is 0 Å². The van der Waals surface area contributed by atoms with E-state index < -0.39 is 0 Å². The fourth-order valence-electron chi connectivity index (χ4n) is 3.83. The number of para-hydroxylation sites is 1. The Labute approximate surface area is 196 Å². The van der Waals surface area contributed by atoms with Crippen LogP contribution in [-0.2, 0) is 0 Å². The van der Waals surface area contributed by atoms with E-state index >= 15 is 0 Å². The molecule has 6 heteroatoms. The van der Waals surface area contributed by atoms with Gasteiger partial charge in [-0.25, -0.2) is 4.98 Å². The number of aryl methyl sites for hydroxylation is 2. The van der Waals surface area contributed by atoms with Crippen LogP contribution in [0, 0.1) is 19.3 Å². The minimum absolute atomic E-state index is 0.161. The Morgan fingerprint density at radius 3 is 2.27 bits per heavy atom. The molecule has 4 aromatic rings. The van der Waals surface area contributed by atoms with Gasteiger partial charge in [-0.1, -0.05) is 48.0 Å². The number of anilines is 1. The Hall–Kier alpha value is -3.90.